The van der Waals surface area contributed by atoms with E-state index in [2.05, 4.69) is 21.3 Å². The Morgan fingerprint density at radius 3 is 2.04 bits per heavy atom. The van der Waals surface area contributed by atoms with Gasteiger partial charge in [-0.05, 0) is 95.4 Å². The second-order valence-corrected chi connectivity index (χ2v) is 21.5. The van der Waals surface area contributed by atoms with Crippen LogP contribution in [0.1, 0.15) is 99.1 Å². The molecule has 3 aromatic rings. The number of nitro groups is 1. The summed E-state index contributed by atoms with van der Waals surface area (Å²) in [5.74, 6) is -6.16. The Balaban J connectivity index is 1.72. The monoisotopic (exact) mass is 1060 g/mol. The summed E-state index contributed by atoms with van der Waals surface area (Å²) in [4.78, 5) is 118. The average Bonchev–Trinajstić information content (AvgIpc) is 3.73. The van der Waals surface area contributed by atoms with Crippen molar-refractivity contribution in [2.45, 2.75) is 155 Å². The van der Waals surface area contributed by atoms with Crippen molar-refractivity contribution >= 4 is 69.5 Å². The predicted molar refractivity (Wildman–Crippen MR) is 284 cm³/mol. The van der Waals surface area contributed by atoms with Gasteiger partial charge in [0, 0.05) is 56.3 Å². The van der Waals surface area contributed by atoms with Crippen LogP contribution in [0.25, 0.3) is 10.9 Å². The van der Waals surface area contributed by atoms with Gasteiger partial charge in [-0.2, -0.15) is 0 Å². The number of carbonyl (C=O) groups excluding carboxylic acids is 7. The number of nitro benzene ring substituents is 1. The van der Waals surface area contributed by atoms with Gasteiger partial charge in [0.1, 0.15) is 42.3 Å². The second-order valence-electron chi connectivity index (χ2n) is 21.2. The molecule has 75 heavy (non-hydrogen) atoms. The number of aromatic hydroxyl groups is 1. The zero-order valence-corrected chi connectivity index (χ0v) is 45.5. The first-order valence-corrected chi connectivity index (χ1v) is 25.9. The highest BCUT2D eigenvalue weighted by atomic mass is 35.5. The van der Waals surface area contributed by atoms with Gasteiger partial charge in [0.15, 0.2) is 5.75 Å². The molecule has 0 unspecified atom stereocenters. The summed E-state index contributed by atoms with van der Waals surface area (Å²) in [6.45, 7) is 15.9. The number of benzene rings is 2. The van der Waals surface area contributed by atoms with E-state index in [1.165, 1.54) is 41.8 Å². The summed E-state index contributed by atoms with van der Waals surface area (Å²) in [6.07, 6.45) is 5.50. The minimum absolute atomic E-state index is 0.0193. The first-order valence-electron chi connectivity index (χ1n) is 25.4. The quantitative estimate of drug-likeness (QED) is 0.0564. The number of fused-ring (bicyclic) bond motifs is 3. The molecule has 7 amide bonds. The van der Waals surface area contributed by atoms with E-state index in [9.17, 15) is 49.1 Å². The molecule has 20 nitrogen and oxygen atoms in total. The van der Waals surface area contributed by atoms with E-state index < -0.39 is 112 Å². The van der Waals surface area contributed by atoms with Gasteiger partial charge in [-0.1, -0.05) is 69.7 Å². The fourth-order valence-corrected chi connectivity index (χ4v) is 10.0. The van der Waals surface area contributed by atoms with Crippen molar-refractivity contribution in [1.82, 2.24) is 40.5 Å². The van der Waals surface area contributed by atoms with Crippen LogP contribution in [0.2, 0.25) is 0 Å². The average molecular weight is 1060 g/mol. The van der Waals surface area contributed by atoms with Gasteiger partial charge in [-0.15, -0.1) is 11.6 Å². The zero-order valence-electron chi connectivity index (χ0n) is 44.8. The van der Waals surface area contributed by atoms with E-state index in [-0.39, 0.29) is 61.8 Å². The van der Waals surface area contributed by atoms with E-state index in [4.69, 9.17) is 11.6 Å². The minimum Gasteiger partial charge on any atom is -0.502 e. The number of hydrogen-bond donors (Lipinski definition) is 6. The van der Waals surface area contributed by atoms with Gasteiger partial charge >= 0.3 is 5.69 Å². The number of aliphatic hydroxyl groups is 1. The SMILES string of the molecule is C/C=C/C[C@@H]1NC(=O)[C@H](CC(C)C)N2C=C(C)C[C@@H](C2=O)N(C)C(=O)[C@H](C)NC(=O)[C@H](Cc2ccc(O)c([N+](=O)[O-])c2)NC(=O)[C@H](CC(C)C)N(C)C(=O)[C@H](Cc2cn(C(C)(C)[C@H](O)CCl)c3ccccc23)NC1=O. The normalized spacial score (nSPS) is 23.8. The van der Waals surface area contributed by atoms with Crippen LogP contribution in [0, 0.1) is 22.0 Å². The molecule has 1 fully saturated rings. The number of phenolic OH excluding ortho intramolecular Hbond substituents is 1. The molecule has 2 aliphatic heterocycles. The molecule has 6 N–H and O–H groups in total. The Bertz CT molecular complexity index is 2700. The molecule has 0 saturated carbocycles. The molecule has 5 rings (SSSR count). The highest BCUT2D eigenvalue weighted by molar-refractivity contribution is 6.18. The number of phenols is 1. The lowest BCUT2D eigenvalue weighted by Crippen LogP contribution is -2.60. The van der Waals surface area contributed by atoms with Gasteiger partial charge in [0.05, 0.1) is 22.4 Å². The topological polar surface area (TPSA) is 266 Å². The fraction of sp³-hybridized carbons (Fsp3) is 0.537. The van der Waals surface area contributed by atoms with Crippen molar-refractivity contribution in [1.29, 1.82) is 0 Å². The number of aromatic nitrogens is 1. The number of allylic oxidation sites excluding steroid dienone is 1. The Morgan fingerprint density at radius 1 is 0.813 bits per heavy atom. The highest BCUT2D eigenvalue weighted by Gasteiger charge is 2.43. The predicted octanol–water partition coefficient (Wildman–Crippen LogP) is 4.56. The molecule has 2 aromatic carbocycles. The van der Waals surface area contributed by atoms with Gasteiger partial charge in [-0.3, -0.25) is 43.7 Å². The molecular formula is C54H74ClN9O11. The molecule has 0 spiro atoms. The highest BCUT2D eigenvalue weighted by Crippen LogP contribution is 2.33. The molecule has 1 aromatic heterocycles. The van der Waals surface area contributed by atoms with E-state index >= 15 is 4.79 Å². The third-order valence-corrected chi connectivity index (χ3v) is 14.4. The lowest BCUT2D eigenvalue weighted by atomic mass is 9.95. The van der Waals surface area contributed by atoms with Crippen molar-refractivity contribution < 1.29 is 48.7 Å². The maximum Gasteiger partial charge on any atom is 0.310 e. The van der Waals surface area contributed by atoms with Crippen molar-refractivity contribution in [3.8, 4) is 5.75 Å². The number of amides is 7. The fourth-order valence-electron chi connectivity index (χ4n) is 9.64. The van der Waals surface area contributed by atoms with Crippen molar-refractivity contribution in [2.24, 2.45) is 11.8 Å². The maximum absolute atomic E-state index is 15.4. The molecule has 2 aliphatic rings. The smallest absolute Gasteiger partial charge is 0.310 e. The molecule has 8 atom stereocenters. The summed E-state index contributed by atoms with van der Waals surface area (Å²) >= 11 is 6.19. The first-order chi connectivity index (χ1) is 35.2. The van der Waals surface area contributed by atoms with Crippen LogP contribution in [0.4, 0.5) is 5.69 Å². The molecule has 0 aliphatic carbocycles. The summed E-state index contributed by atoms with van der Waals surface area (Å²) in [5, 5.41) is 45.1. The van der Waals surface area contributed by atoms with Crippen LogP contribution in [-0.2, 0) is 51.9 Å². The van der Waals surface area contributed by atoms with Crippen LogP contribution in [0.3, 0.4) is 0 Å². The number of para-hydroxylation sites is 1. The van der Waals surface area contributed by atoms with Gasteiger partial charge in [0.2, 0.25) is 41.4 Å². The third-order valence-electron chi connectivity index (χ3n) is 14.1. The number of halogens is 1. The van der Waals surface area contributed by atoms with Crippen LogP contribution < -0.4 is 21.3 Å². The number of nitrogens with one attached hydrogen (secondary N) is 4. The molecule has 2 bridgehead atoms. The molecule has 1 saturated heterocycles. The Kier molecular flexibility index (Phi) is 19.8. The van der Waals surface area contributed by atoms with Gasteiger partial charge in [-0.25, -0.2) is 0 Å². The third kappa shape index (κ3) is 13.9. The number of nitrogens with zero attached hydrogens (tertiary/aromatic N) is 5. The molecule has 408 valence electrons. The summed E-state index contributed by atoms with van der Waals surface area (Å²) < 4.78 is 1.86. The van der Waals surface area contributed by atoms with Crippen LogP contribution >= 0.6 is 11.6 Å². The van der Waals surface area contributed by atoms with E-state index in [0.29, 0.717) is 22.0 Å². The molecule has 0 radical (unpaired) electrons. The van der Waals surface area contributed by atoms with Crippen LogP contribution in [-0.4, -0.2) is 144 Å². The van der Waals surface area contributed by atoms with Crippen LogP contribution in [0.15, 0.2) is 72.6 Å². The zero-order chi connectivity index (χ0) is 55.8. The minimum atomic E-state index is -1.53. The number of rotatable bonds is 14. The summed E-state index contributed by atoms with van der Waals surface area (Å²) in [6, 6.07) is 1.72. The Labute approximate surface area is 443 Å². The second kappa shape index (κ2) is 25.2. The number of hydrogen-bond acceptors (Lipinski definition) is 11. The summed E-state index contributed by atoms with van der Waals surface area (Å²) in [5.41, 5.74) is 0.506. The standard InChI is InChI=1S/C54H74ClN9O11/c1-12-13-17-37-47(67)59-39(26-35-29-63(54(8,9)46(66)27-55)40-18-15-14-16-36(35)40)52(72)60(10)42(21-30(2)3)49(69)58-38(24-34-19-20-45(65)41(25-34)64(74)75)48(68)56-33(7)51(71)61(11)44-23-32(6)28-62(53(44)73)43(22-31(4)5)50(70)57-37/h12-16,18-20,25,28-31,33,37-39,42-44,46,65-66H,17,21-24,26-27H2,1-11H3,(H,56,68)(H,57,70)(H,58,69)(H,59,67)/b13-12+/t33-,37-,38-,39-,42-,43-,44-,46+/m0/s1. The van der Waals surface area contributed by atoms with Gasteiger partial charge < -0.3 is 50.7 Å². The number of alkyl halides is 1. The number of carbonyl (C=O) groups is 7. The van der Waals surface area contributed by atoms with Crippen molar-refractivity contribution in [2.75, 3.05) is 20.0 Å². The first kappa shape index (κ1) is 59.1. The lowest BCUT2D eigenvalue weighted by Gasteiger charge is -2.39. The summed E-state index contributed by atoms with van der Waals surface area (Å²) in [7, 11) is 2.81. The van der Waals surface area contributed by atoms with E-state index in [1.54, 1.807) is 38.4 Å². The van der Waals surface area contributed by atoms with E-state index in [1.807, 2.05) is 70.4 Å². The molecular weight excluding hydrogens is 986 g/mol. The number of aliphatic hydroxyl groups excluding tert-OH is 1. The van der Waals surface area contributed by atoms with Crippen LogP contribution in [0.5, 0.6) is 5.75 Å². The number of likely N-dealkylation sites (N-methyl/N-ethyl adjacent to an activating group) is 2. The lowest BCUT2D eigenvalue weighted by molar-refractivity contribution is -0.385. The Morgan fingerprint density at radius 2 is 1.41 bits per heavy atom. The molecule has 3 heterocycles. The van der Waals surface area contributed by atoms with E-state index in [0.717, 1.165) is 12.1 Å². The van der Waals surface area contributed by atoms with Crippen molar-refractivity contribution in [3.05, 3.63) is 93.8 Å². The van der Waals surface area contributed by atoms with Crippen molar-refractivity contribution in [3.63, 3.8) is 0 Å². The Hall–Kier alpha value is -6.80. The maximum atomic E-state index is 15.4. The largest absolute Gasteiger partial charge is 0.502 e. The van der Waals surface area contributed by atoms with Gasteiger partial charge in [0.25, 0.3) is 0 Å². The molecule has 21 heteroatoms.